The Labute approximate surface area is 241 Å². The van der Waals surface area contributed by atoms with Crippen molar-refractivity contribution in [3.8, 4) is 5.75 Å². The van der Waals surface area contributed by atoms with Crippen LogP contribution in [0, 0.1) is 5.92 Å². The lowest BCUT2D eigenvalue weighted by Gasteiger charge is -2.29. The van der Waals surface area contributed by atoms with Gasteiger partial charge in [0, 0.05) is 12.3 Å². The Hall–Kier alpha value is -3.88. The first-order chi connectivity index (χ1) is 19.5. The van der Waals surface area contributed by atoms with Crippen molar-refractivity contribution in [1.82, 2.24) is 10.6 Å². The zero-order chi connectivity index (χ0) is 29.6. The van der Waals surface area contributed by atoms with Crippen LogP contribution in [0.1, 0.15) is 55.5 Å². The van der Waals surface area contributed by atoms with Gasteiger partial charge in [0.05, 0.1) is 24.3 Å². The molecule has 3 aromatic rings. The number of aliphatic hydroxyl groups excluding tert-OH is 2. The highest BCUT2D eigenvalue weighted by Crippen LogP contribution is 2.32. The van der Waals surface area contributed by atoms with Gasteiger partial charge in [-0.2, -0.15) is 0 Å². The molecule has 0 saturated carbocycles. The number of nitrogens with one attached hydrogen (secondary N) is 2. The normalized spacial score (nSPS) is 18.6. The minimum atomic E-state index is -1.09. The van der Waals surface area contributed by atoms with E-state index in [0.29, 0.717) is 12.8 Å². The molecular weight excluding hydrogens is 520 g/mol. The van der Waals surface area contributed by atoms with E-state index in [1.165, 1.54) is 0 Å². The minimum absolute atomic E-state index is 0.0461. The summed E-state index contributed by atoms with van der Waals surface area (Å²) in [7, 11) is 0. The largest absolute Gasteiger partial charge is 0.508 e. The molecule has 8 heteroatoms. The molecule has 0 bridgehead atoms. The van der Waals surface area contributed by atoms with Gasteiger partial charge in [-0.05, 0) is 74.4 Å². The topological polar surface area (TPSA) is 128 Å². The Morgan fingerprint density at radius 2 is 1.56 bits per heavy atom. The molecule has 218 valence electrons. The Morgan fingerprint density at radius 3 is 2.24 bits per heavy atom. The quantitative estimate of drug-likeness (QED) is 0.253. The van der Waals surface area contributed by atoms with E-state index in [2.05, 4.69) is 10.6 Å². The molecule has 8 nitrogen and oxygen atoms in total. The SMILES string of the molecule is CC(C)(C)OC(=O)N[C@@H](Cc1ccccc1)[C@@H](O)C[C@H](Cc1ccc(O)cc1)C(=O)N[C@H]1c2ccccc2C[C@H]1O. The molecule has 0 heterocycles. The fraction of sp³-hybridized carbons (Fsp3) is 0.394. The number of aliphatic hydroxyl groups is 2. The van der Waals surface area contributed by atoms with Crippen LogP contribution in [-0.4, -0.2) is 51.2 Å². The fourth-order valence-corrected chi connectivity index (χ4v) is 5.28. The zero-order valence-corrected chi connectivity index (χ0v) is 23.8. The number of phenolic OH excluding ortho intramolecular Hbond substituents is 1. The summed E-state index contributed by atoms with van der Waals surface area (Å²) in [5, 5.41) is 37.8. The summed E-state index contributed by atoms with van der Waals surface area (Å²) in [6.07, 6.45) is -1.37. The number of hydrogen-bond acceptors (Lipinski definition) is 6. The smallest absolute Gasteiger partial charge is 0.407 e. The number of carbonyl (C=O) groups excluding carboxylic acids is 2. The summed E-state index contributed by atoms with van der Waals surface area (Å²) >= 11 is 0. The van der Waals surface area contributed by atoms with E-state index in [1.54, 1.807) is 45.0 Å². The Bertz CT molecular complexity index is 1310. The van der Waals surface area contributed by atoms with Crippen LogP contribution < -0.4 is 10.6 Å². The maximum absolute atomic E-state index is 13.8. The van der Waals surface area contributed by atoms with Gasteiger partial charge >= 0.3 is 6.09 Å². The van der Waals surface area contributed by atoms with Crippen LogP contribution in [0.2, 0.25) is 0 Å². The second-order valence-corrected chi connectivity index (χ2v) is 11.8. The van der Waals surface area contributed by atoms with Crippen molar-refractivity contribution in [3.63, 3.8) is 0 Å². The summed E-state index contributed by atoms with van der Waals surface area (Å²) < 4.78 is 5.46. The van der Waals surface area contributed by atoms with Crippen LogP contribution in [0.25, 0.3) is 0 Å². The molecule has 2 amide bonds. The molecule has 5 atom stereocenters. The third-order valence-corrected chi connectivity index (χ3v) is 7.28. The van der Waals surface area contributed by atoms with Crippen molar-refractivity contribution in [2.24, 2.45) is 5.92 Å². The van der Waals surface area contributed by atoms with E-state index in [0.717, 1.165) is 22.3 Å². The number of phenols is 1. The molecule has 0 saturated heterocycles. The standard InChI is InChI=1S/C33H40N2O6/c1-33(2,3)41-32(40)34-27(18-21-9-5-4-6-10-21)28(37)20-24(17-22-13-15-25(36)16-14-22)31(39)35-30-26-12-8-7-11-23(26)19-29(30)38/h4-16,24,27-30,36-38H,17-20H2,1-3H3,(H,34,40)(H,35,39)/t24-,27-,28-,29+,30-/m0/s1. The van der Waals surface area contributed by atoms with E-state index in [1.807, 2.05) is 54.6 Å². The molecule has 0 unspecified atom stereocenters. The number of aromatic hydroxyl groups is 1. The number of fused-ring (bicyclic) bond motifs is 1. The lowest BCUT2D eigenvalue weighted by molar-refractivity contribution is -0.127. The van der Waals surface area contributed by atoms with Crippen LogP contribution in [-0.2, 0) is 28.8 Å². The van der Waals surface area contributed by atoms with Crippen molar-refractivity contribution >= 4 is 12.0 Å². The number of alkyl carbamates (subject to hydrolysis) is 1. The number of hydrogen-bond donors (Lipinski definition) is 5. The molecule has 0 fully saturated rings. The number of benzene rings is 3. The van der Waals surface area contributed by atoms with Crippen molar-refractivity contribution in [2.75, 3.05) is 0 Å². The molecule has 0 aromatic heterocycles. The van der Waals surface area contributed by atoms with Crippen molar-refractivity contribution in [2.45, 2.75) is 76.3 Å². The highest BCUT2D eigenvalue weighted by Gasteiger charge is 2.35. The zero-order valence-electron chi connectivity index (χ0n) is 23.8. The number of carbonyl (C=O) groups is 2. The lowest BCUT2D eigenvalue weighted by atomic mass is 9.88. The third kappa shape index (κ3) is 8.55. The number of amides is 2. The number of ether oxygens (including phenoxy) is 1. The Balaban J connectivity index is 1.56. The fourth-order valence-electron chi connectivity index (χ4n) is 5.28. The highest BCUT2D eigenvalue weighted by molar-refractivity contribution is 5.80. The predicted molar refractivity (Wildman–Crippen MR) is 156 cm³/mol. The van der Waals surface area contributed by atoms with Crippen LogP contribution in [0.15, 0.2) is 78.9 Å². The van der Waals surface area contributed by atoms with Gasteiger partial charge in [-0.25, -0.2) is 4.79 Å². The van der Waals surface area contributed by atoms with E-state index in [9.17, 15) is 24.9 Å². The molecule has 1 aliphatic rings. The maximum Gasteiger partial charge on any atom is 0.407 e. The Kier molecular flexibility index (Phi) is 9.68. The molecule has 0 spiro atoms. The first-order valence-corrected chi connectivity index (χ1v) is 14.0. The van der Waals surface area contributed by atoms with Gasteiger partial charge in [0.25, 0.3) is 0 Å². The maximum atomic E-state index is 13.8. The van der Waals surface area contributed by atoms with Crippen LogP contribution in [0.4, 0.5) is 4.79 Å². The van der Waals surface area contributed by atoms with Gasteiger partial charge in [-0.3, -0.25) is 4.79 Å². The first kappa shape index (κ1) is 30.1. The van der Waals surface area contributed by atoms with E-state index in [4.69, 9.17) is 4.74 Å². The molecular formula is C33H40N2O6. The van der Waals surface area contributed by atoms with Gasteiger partial charge in [-0.15, -0.1) is 0 Å². The molecule has 1 aliphatic carbocycles. The monoisotopic (exact) mass is 560 g/mol. The highest BCUT2D eigenvalue weighted by atomic mass is 16.6. The summed E-state index contributed by atoms with van der Waals surface area (Å²) in [5.41, 5.74) is 2.88. The summed E-state index contributed by atoms with van der Waals surface area (Å²) in [6.45, 7) is 5.30. The Morgan fingerprint density at radius 1 is 0.927 bits per heavy atom. The average Bonchev–Trinajstić information content (AvgIpc) is 3.23. The van der Waals surface area contributed by atoms with Crippen LogP contribution in [0.5, 0.6) is 5.75 Å². The van der Waals surface area contributed by atoms with Crippen LogP contribution in [0.3, 0.4) is 0 Å². The van der Waals surface area contributed by atoms with Crippen molar-refractivity contribution < 1.29 is 29.6 Å². The van der Waals surface area contributed by atoms with Gasteiger partial charge in [0.15, 0.2) is 0 Å². The van der Waals surface area contributed by atoms with Crippen molar-refractivity contribution in [1.29, 1.82) is 0 Å². The van der Waals surface area contributed by atoms with Gasteiger partial charge in [-0.1, -0.05) is 66.7 Å². The van der Waals surface area contributed by atoms with Gasteiger partial charge in [0.1, 0.15) is 11.4 Å². The van der Waals surface area contributed by atoms with Crippen LogP contribution >= 0.6 is 0 Å². The third-order valence-electron chi connectivity index (χ3n) is 7.28. The number of rotatable bonds is 10. The minimum Gasteiger partial charge on any atom is -0.508 e. The van der Waals surface area contributed by atoms with E-state index in [-0.39, 0.29) is 24.5 Å². The summed E-state index contributed by atoms with van der Waals surface area (Å²) in [4.78, 5) is 26.5. The predicted octanol–water partition coefficient (Wildman–Crippen LogP) is 4.21. The summed E-state index contributed by atoms with van der Waals surface area (Å²) in [6, 6.07) is 22.4. The molecule has 3 aromatic carbocycles. The van der Waals surface area contributed by atoms with Gasteiger partial charge < -0.3 is 30.7 Å². The first-order valence-electron chi connectivity index (χ1n) is 14.0. The van der Waals surface area contributed by atoms with Crippen molar-refractivity contribution in [3.05, 3.63) is 101 Å². The molecule has 4 rings (SSSR count). The second kappa shape index (κ2) is 13.2. The summed E-state index contributed by atoms with van der Waals surface area (Å²) in [5.74, 6) is -0.883. The average molecular weight is 561 g/mol. The molecule has 0 radical (unpaired) electrons. The molecule has 0 aliphatic heterocycles. The molecule has 41 heavy (non-hydrogen) atoms. The second-order valence-electron chi connectivity index (χ2n) is 11.8. The van der Waals surface area contributed by atoms with E-state index >= 15 is 0 Å². The molecule has 5 N–H and O–H groups in total. The van der Waals surface area contributed by atoms with E-state index < -0.39 is 41.9 Å². The lowest BCUT2D eigenvalue weighted by Crippen LogP contribution is -2.48. The van der Waals surface area contributed by atoms with Gasteiger partial charge in [0.2, 0.25) is 5.91 Å².